The van der Waals surface area contributed by atoms with Crippen LogP contribution in [0.1, 0.15) is 5.56 Å². The quantitative estimate of drug-likeness (QED) is 0.566. The summed E-state index contributed by atoms with van der Waals surface area (Å²) in [5.74, 6) is -0.0719. The van der Waals surface area contributed by atoms with Crippen LogP contribution < -0.4 is 0 Å². The summed E-state index contributed by atoms with van der Waals surface area (Å²) < 4.78 is 14.8. The minimum absolute atomic E-state index is 0.293. The first-order chi connectivity index (χ1) is 9.58. The number of benzene rings is 2. The van der Waals surface area contributed by atoms with E-state index in [-0.39, 0.29) is 5.82 Å². The fraction of sp³-hybridized carbons (Fsp3) is 0.0667. The van der Waals surface area contributed by atoms with E-state index in [0.29, 0.717) is 16.5 Å². The molecule has 2 nitrogen and oxygen atoms in total. The van der Waals surface area contributed by atoms with Crippen molar-refractivity contribution in [1.82, 2.24) is 9.97 Å². The Morgan fingerprint density at radius 2 is 1.85 bits per heavy atom. The van der Waals surface area contributed by atoms with Crippen LogP contribution in [-0.2, 0) is 0 Å². The predicted octanol–water partition coefficient (Wildman–Crippen LogP) is 5.16. The molecule has 20 heavy (non-hydrogen) atoms. The van der Waals surface area contributed by atoms with Crippen molar-refractivity contribution in [2.75, 3.05) is 0 Å². The Morgan fingerprint density at radius 3 is 2.60 bits per heavy atom. The molecule has 0 spiro atoms. The van der Waals surface area contributed by atoms with Crippen molar-refractivity contribution in [3.8, 4) is 11.4 Å². The van der Waals surface area contributed by atoms with Gasteiger partial charge in [-0.1, -0.05) is 39.7 Å². The van der Waals surface area contributed by atoms with Gasteiger partial charge in [-0.15, -0.1) is 0 Å². The van der Waals surface area contributed by atoms with Crippen LogP contribution in [0.2, 0.25) is 5.15 Å². The van der Waals surface area contributed by atoms with Crippen LogP contribution in [0.4, 0.5) is 4.39 Å². The van der Waals surface area contributed by atoms with Crippen molar-refractivity contribution in [3.05, 3.63) is 57.4 Å². The second-order valence-corrected chi connectivity index (χ2v) is 5.60. The summed E-state index contributed by atoms with van der Waals surface area (Å²) in [5, 5.41) is 1.08. The number of nitrogens with zero attached hydrogens (tertiary/aromatic N) is 2. The fourth-order valence-corrected chi connectivity index (χ4v) is 2.59. The van der Waals surface area contributed by atoms with E-state index >= 15 is 0 Å². The molecule has 0 aliphatic carbocycles. The number of fused-ring (bicyclic) bond motifs is 1. The molecule has 0 aliphatic rings. The molecule has 0 aliphatic heterocycles. The molecule has 100 valence electrons. The van der Waals surface area contributed by atoms with E-state index in [4.69, 9.17) is 11.6 Å². The molecule has 0 saturated carbocycles. The van der Waals surface area contributed by atoms with Gasteiger partial charge in [0.2, 0.25) is 0 Å². The van der Waals surface area contributed by atoms with Crippen LogP contribution in [0.3, 0.4) is 0 Å². The van der Waals surface area contributed by atoms with Gasteiger partial charge in [-0.2, -0.15) is 0 Å². The number of aryl methyl sites for hydroxylation is 1. The third-order valence-corrected chi connectivity index (χ3v) is 4.27. The fourth-order valence-electron chi connectivity index (χ4n) is 2.03. The number of hydrogen-bond donors (Lipinski definition) is 0. The molecule has 5 heteroatoms. The van der Waals surface area contributed by atoms with Gasteiger partial charge in [-0.3, -0.25) is 0 Å². The first-order valence-electron chi connectivity index (χ1n) is 5.95. The molecule has 1 aromatic heterocycles. The van der Waals surface area contributed by atoms with E-state index < -0.39 is 0 Å². The van der Waals surface area contributed by atoms with E-state index in [1.165, 1.54) is 6.07 Å². The Bertz CT molecular complexity index is 820. The normalized spacial score (nSPS) is 11.0. The first-order valence-corrected chi connectivity index (χ1v) is 7.12. The topological polar surface area (TPSA) is 25.8 Å². The molecule has 2 aromatic carbocycles. The predicted molar refractivity (Wildman–Crippen MR) is 82.4 cm³/mol. The zero-order chi connectivity index (χ0) is 14.3. The van der Waals surface area contributed by atoms with E-state index in [0.717, 1.165) is 20.9 Å². The van der Waals surface area contributed by atoms with Gasteiger partial charge < -0.3 is 0 Å². The van der Waals surface area contributed by atoms with Gasteiger partial charge >= 0.3 is 0 Å². The molecule has 0 radical (unpaired) electrons. The molecule has 0 amide bonds. The molecule has 3 aromatic rings. The van der Waals surface area contributed by atoms with Crippen LogP contribution in [0.5, 0.6) is 0 Å². The Balaban J connectivity index is 2.34. The van der Waals surface area contributed by atoms with E-state index in [2.05, 4.69) is 25.9 Å². The molecular formula is C15H9BrClFN2. The van der Waals surface area contributed by atoms with Crippen molar-refractivity contribution < 1.29 is 4.39 Å². The van der Waals surface area contributed by atoms with Gasteiger partial charge in [0.05, 0.1) is 11.1 Å². The Hall–Kier alpha value is -1.52. The molecule has 0 bridgehead atoms. The zero-order valence-corrected chi connectivity index (χ0v) is 12.8. The molecule has 1 heterocycles. The third-order valence-electron chi connectivity index (χ3n) is 3.12. The average Bonchev–Trinajstić information content (AvgIpc) is 2.43. The maximum absolute atomic E-state index is 13.9. The monoisotopic (exact) mass is 350 g/mol. The van der Waals surface area contributed by atoms with E-state index in [1.807, 2.05) is 19.1 Å². The lowest BCUT2D eigenvalue weighted by Crippen LogP contribution is -1.96. The van der Waals surface area contributed by atoms with Crippen molar-refractivity contribution in [2.45, 2.75) is 6.92 Å². The van der Waals surface area contributed by atoms with Crippen LogP contribution in [-0.4, -0.2) is 9.97 Å². The molecule has 0 N–H and O–H groups in total. The second-order valence-electron chi connectivity index (χ2n) is 4.39. The van der Waals surface area contributed by atoms with Gasteiger partial charge in [0.25, 0.3) is 0 Å². The van der Waals surface area contributed by atoms with Gasteiger partial charge in [0.1, 0.15) is 11.0 Å². The third kappa shape index (κ3) is 2.19. The maximum atomic E-state index is 13.9. The molecule has 0 unspecified atom stereocenters. The van der Waals surface area contributed by atoms with Crippen LogP contribution >= 0.6 is 27.5 Å². The number of rotatable bonds is 1. The zero-order valence-electron chi connectivity index (χ0n) is 10.5. The molecule has 3 rings (SSSR count). The maximum Gasteiger partial charge on any atom is 0.164 e. The minimum atomic E-state index is -0.365. The molecule has 0 atom stereocenters. The largest absolute Gasteiger partial charge is 0.227 e. The lowest BCUT2D eigenvalue weighted by molar-refractivity contribution is 0.630. The van der Waals surface area contributed by atoms with Gasteiger partial charge in [-0.05, 0) is 36.8 Å². The number of aromatic nitrogens is 2. The highest BCUT2D eigenvalue weighted by Crippen LogP contribution is 2.30. The van der Waals surface area contributed by atoms with E-state index in [9.17, 15) is 4.39 Å². The van der Waals surface area contributed by atoms with Crippen molar-refractivity contribution >= 4 is 38.4 Å². The van der Waals surface area contributed by atoms with Crippen molar-refractivity contribution in [1.29, 1.82) is 0 Å². The average molecular weight is 352 g/mol. The highest BCUT2D eigenvalue weighted by Gasteiger charge is 2.13. The summed E-state index contributed by atoms with van der Waals surface area (Å²) in [6, 6.07) is 10.1. The summed E-state index contributed by atoms with van der Waals surface area (Å²) in [5.41, 5.74) is 2.01. The SMILES string of the molecule is Cc1c(Br)ccc2c(Cl)nc(-c3ccccc3F)nc12. The number of hydrogen-bond acceptors (Lipinski definition) is 2. The second kappa shape index (κ2) is 5.11. The van der Waals surface area contributed by atoms with Crippen LogP contribution in [0.15, 0.2) is 40.9 Å². The van der Waals surface area contributed by atoms with Gasteiger partial charge in [-0.25, -0.2) is 14.4 Å². The first kappa shape index (κ1) is 13.5. The van der Waals surface area contributed by atoms with Crippen molar-refractivity contribution in [3.63, 3.8) is 0 Å². The molecular weight excluding hydrogens is 343 g/mol. The highest BCUT2D eigenvalue weighted by molar-refractivity contribution is 9.10. The lowest BCUT2D eigenvalue weighted by Gasteiger charge is -2.08. The Kier molecular flexibility index (Phi) is 3.44. The standard InChI is InChI=1S/C15H9BrClFN2/c1-8-11(16)7-6-10-13(8)19-15(20-14(10)17)9-4-2-3-5-12(9)18/h2-7H,1H3. The van der Waals surface area contributed by atoms with Crippen LogP contribution in [0.25, 0.3) is 22.3 Å². The van der Waals surface area contributed by atoms with Crippen LogP contribution in [0, 0.1) is 12.7 Å². The minimum Gasteiger partial charge on any atom is -0.227 e. The highest BCUT2D eigenvalue weighted by atomic mass is 79.9. The summed E-state index contributed by atoms with van der Waals surface area (Å²) in [4.78, 5) is 8.66. The number of halogens is 3. The smallest absolute Gasteiger partial charge is 0.164 e. The Morgan fingerprint density at radius 1 is 1.10 bits per heavy atom. The molecule has 0 saturated heterocycles. The summed E-state index contributed by atoms with van der Waals surface area (Å²) in [6.45, 7) is 1.93. The lowest BCUT2D eigenvalue weighted by atomic mass is 10.1. The summed E-state index contributed by atoms with van der Waals surface area (Å²) in [6.07, 6.45) is 0. The Labute approximate surface area is 128 Å². The van der Waals surface area contributed by atoms with Gasteiger partial charge in [0, 0.05) is 9.86 Å². The van der Waals surface area contributed by atoms with Gasteiger partial charge in [0.15, 0.2) is 5.82 Å². The molecule has 0 fully saturated rings. The van der Waals surface area contributed by atoms with E-state index in [1.54, 1.807) is 18.2 Å². The summed E-state index contributed by atoms with van der Waals surface area (Å²) in [7, 11) is 0. The summed E-state index contributed by atoms with van der Waals surface area (Å²) >= 11 is 9.66. The van der Waals surface area contributed by atoms with Crippen molar-refractivity contribution in [2.24, 2.45) is 0 Å².